The summed E-state index contributed by atoms with van der Waals surface area (Å²) in [5, 5.41) is 9.75. The summed E-state index contributed by atoms with van der Waals surface area (Å²) in [6.07, 6.45) is 3.98. The summed E-state index contributed by atoms with van der Waals surface area (Å²) in [5.74, 6) is 2.09. The normalized spacial score (nSPS) is 18.8. The van der Waals surface area contributed by atoms with Crippen molar-refractivity contribution in [1.29, 1.82) is 5.26 Å². The van der Waals surface area contributed by atoms with Gasteiger partial charge in [0.1, 0.15) is 17.5 Å². The molecular formula is C27H29N5O. The van der Waals surface area contributed by atoms with E-state index in [1.807, 2.05) is 18.2 Å². The lowest BCUT2D eigenvalue weighted by atomic mass is 10.1. The van der Waals surface area contributed by atoms with Crippen LogP contribution in [0.1, 0.15) is 41.3 Å². The van der Waals surface area contributed by atoms with Gasteiger partial charge in [-0.1, -0.05) is 60.7 Å². The third kappa shape index (κ3) is 5.39. The van der Waals surface area contributed by atoms with Gasteiger partial charge in [0, 0.05) is 32.1 Å². The largest absolute Gasteiger partial charge is 0.375 e. The Morgan fingerprint density at radius 2 is 1.70 bits per heavy atom. The maximum absolute atomic E-state index is 9.75. The summed E-state index contributed by atoms with van der Waals surface area (Å²) in [4.78, 5) is 14.1. The van der Waals surface area contributed by atoms with E-state index in [9.17, 15) is 5.26 Å². The van der Waals surface area contributed by atoms with Crippen LogP contribution in [0.3, 0.4) is 0 Å². The molecule has 1 atom stereocenters. The minimum Gasteiger partial charge on any atom is -0.375 e. The van der Waals surface area contributed by atoms with Crippen LogP contribution in [0.2, 0.25) is 0 Å². The van der Waals surface area contributed by atoms with Crippen molar-refractivity contribution in [2.45, 2.75) is 38.0 Å². The van der Waals surface area contributed by atoms with Crippen LogP contribution in [0.25, 0.3) is 0 Å². The lowest BCUT2D eigenvalue weighted by Gasteiger charge is -2.42. The molecule has 0 unspecified atom stereocenters. The van der Waals surface area contributed by atoms with Crippen LogP contribution in [0.15, 0.2) is 66.9 Å². The number of ether oxygens (including phenoxy) is 1. The lowest BCUT2D eigenvalue weighted by Crippen LogP contribution is -2.55. The molecule has 1 aliphatic carbocycles. The van der Waals surface area contributed by atoms with E-state index in [1.165, 1.54) is 5.56 Å². The highest BCUT2D eigenvalue weighted by molar-refractivity contribution is 5.54. The van der Waals surface area contributed by atoms with Gasteiger partial charge in [-0.15, -0.1) is 0 Å². The quantitative estimate of drug-likeness (QED) is 0.526. The van der Waals surface area contributed by atoms with Crippen LogP contribution in [-0.4, -0.2) is 47.2 Å². The van der Waals surface area contributed by atoms with E-state index in [4.69, 9.17) is 9.72 Å². The lowest BCUT2D eigenvalue weighted by molar-refractivity contribution is 0.0814. The molecule has 0 amide bonds. The van der Waals surface area contributed by atoms with Crippen LogP contribution in [0.5, 0.6) is 0 Å². The van der Waals surface area contributed by atoms with Crippen molar-refractivity contribution < 1.29 is 4.74 Å². The Morgan fingerprint density at radius 1 is 0.970 bits per heavy atom. The number of nitrogens with zero attached hydrogens (tertiary/aromatic N) is 5. The van der Waals surface area contributed by atoms with E-state index in [1.54, 1.807) is 6.20 Å². The topological polar surface area (TPSA) is 65.3 Å². The molecule has 0 radical (unpaired) electrons. The second kappa shape index (κ2) is 10.1. The van der Waals surface area contributed by atoms with Gasteiger partial charge >= 0.3 is 0 Å². The standard InChI is InChI=1S/C27H29N5O/c28-15-24-16-29-26(23-11-12-23)30-27(24)32-14-13-31(17-21-7-3-1-4-8-21)18-25(32)20-33-19-22-9-5-2-6-10-22/h1-10,16,23,25H,11-14,17-20H2/t25-/m0/s1. The summed E-state index contributed by atoms with van der Waals surface area (Å²) in [7, 11) is 0. The summed E-state index contributed by atoms with van der Waals surface area (Å²) < 4.78 is 6.18. The third-order valence-corrected chi connectivity index (χ3v) is 6.36. The van der Waals surface area contributed by atoms with E-state index in [0.29, 0.717) is 24.7 Å². The molecule has 0 spiro atoms. The Hall–Kier alpha value is -3.27. The average Bonchev–Trinajstić information content (AvgIpc) is 3.71. The Labute approximate surface area is 195 Å². The summed E-state index contributed by atoms with van der Waals surface area (Å²) in [6.45, 7) is 4.64. The van der Waals surface area contributed by atoms with Crippen molar-refractivity contribution in [3.05, 3.63) is 89.4 Å². The molecule has 2 fully saturated rings. The molecule has 6 nitrogen and oxygen atoms in total. The first-order chi connectivity index (χ1) is 16.3. The maximum Gasteiger partial charge on any atom is 0.150 e. The highest BCUT2D eigenvalue weighted by Gasteiger charge is 2.32. The first-order valence-electron chi connectivity index (χ1n) is 11.7. The van der Waals surface area contributed by atoms with E-state index >= 15 is 0 Å². The predicted octanol–water partition coefficient (Wildman–Crippen LogP) is 4.13. The van der Waals surface area contributed by atoms with Gasteiger partial charge in [-0.05, 0) is 24.0 Å². The minimum atomic E-state index is 0.111. The molecule has 2 aromatic carbocycles. The van der Waals surface area contributed by atoms with Crippen LogP contribution in [-0.2, 0) is 17.9 Å². The van der Waals surface area contributed by atoms with Crippen LogP contribution >= 0.6 is 0 Å². The number of hydrogen-bond donors (Lipinski definition) is 0. The van der Waals surface area contributed by atoms with Gasteiger partial charge in [-0.2, -0.15) is 5.26 Å². The summed E-state index contributed by atoms with van der Waals surface area (Å²) in [5.41, 5.74) is 3.02. The van der Waals surface area contributed by atoms with Gasteiger partial charge in [0.15, 0.2) is 5.82 Å². The molecule has 1 aliphatic heterocycles. The van der Waals surface area contributed by atoms with E-state index in [-0.39, 0.29) is 6.04 Å². The summed E-state index contributed by atoms with van der Waals surface area (Å²) in [6, 6.07) is 23.3. The highest BCUT2D eigenvalue weighted by atomic mass is 16.5. The predicted molar refractivity (Wildman–Crippen MR) is 128 cm³/mol. The fourth-order valence-electron chi connectivity index (χ4n) is 4.44. The Kier molecular flexibility index (Phi) is 6.61. The fourth-order valence-corrected chi connectivity index (χ4v) is 4.44. The summed E-state index contributed by atoms with van der Waals surface area (Å²) >= 11 is 0. The van der Waals surface area contributed by atoms with Gasteiger partial charge < -0.3 is 9.64 Å². The molecule has 168 valence electrons. The number of benzene rings is 2. The second-order valence-electron chi connectivity index (χ2n) is 8.92. The second-order valence-corrected chi connectivity index (χ2v) is 8.92. The Morgan fingerprint density at radius 3 is 2.39 bits per heavy atom. The average molecular weight is 440 g/mol. The first-order valence-corrected chi connectivity index (χ1v) is 11.7. The molecule has 2 aliphatic rings. The van der Waals surface area contributed by atoms with Crippen molar-refractivity contribution in [1.82, 2.24) is 14.9 Å². The number of hydrogen-bond acceptors (Lipinski definition) is 6. The highest BCUT2D eigenvalue weighted by Crippen LogP contribution is 2.39. The Bertz CT molecular complexity index is 1090. The van der Waals surface area contributed by atoms with Gasteiger partial charge in [0.05, 0.1) is 25.5 Å². The van der Waals surface area contributed by atoms with Crippen LogP contribution in [0.4, 0.5) is 5.82 Å². The number of aromatic nitrogens is 2. The molecule has 2 heterocycles. The zero-order valence-electron chi connectivity index (χ0n) is 18.8. The van der Waals surface area contributed by atoms with E-state index in [0.717, 1.165) is 56.2 Å². The zero-order chi connectivity index (χ0) is 22.5. The van der Waals surface area contributed by atoms with Gasteiger partial charge in [0.25, 0.3) is 0 Å². The fraction of sp³-hybridized carbons (Fsp3) is 0.370. The van der Waals surface area contributed by atoms with Gasteiger partial charge in [0.2, 0.25) is 0 Å². The molecule has 1 saturated heterocycles. The molecule has 33 heavy (non-hydrogen) atoms. The number of rotatable bonds is 8. The van der Waals surface area contributed by atoms with Crippen molar-refractivity contribution in [3.63, 3.8) is 0 Å². The van der Waals surface area contributed by atoms with Crippen molar-refractivity contribution >= 4 is 5.82 Å². The molecule has 0 bridgehead atoms. The van der Waals surface area contributed by atoms with Gasteiger partial charge in [-0.3, -0.25) is 4.90 Å². The van der Waals surface area contributed by atoms with Crippen LogP contribution < -0.4 is 4.90 Å². The van der Waals surface area contributed by atoms with Crippen molar-refractivity contribution in [2.24, 2.45) is 0 Å². The SMILES string of the molecule is N#Cc1cnc(C2CC2)nc1N1CCN(Cc2ccccc2)C[C@H]1COCc1ccccc1. The van der Waals surface area contributed by atoms with E-state index < -0.39 is 0 Å². The molecule has 6 heteroatoms. The zero-order valence-corrected chi connectivity index (χ0v) is 18.8. The molecule has 1 saturated carbocycles. The minimum absolute atomic E-state index is 0.111. The number of nitriles is 1. The Balaban J connectivity index is 1.35. The molecular weight excluding hydrogens is 410 g/mol. The van der Waals surface area contributed by atoms with Crippen molar-refractivity contribution in [3.8, 4) is 6.07 Å². The molecule has 1 aromatic heterocycles. The first kappa shape index (κ1) is 21.6. The molecule has 3 aromatic rings. The third-order valence-electron chi connectivity index (χ3n) is 6.36. The number of anilines is 1. The van der Waals surface area contributed by atoms with Gasteiger partial charge in [-0.25, -0.2) is 9.97 Å². The molecule has 5 rings (SSSR count). The smallest absolute Gasteiger partial charge is 0.150 e. The number of piperazine rings is 1. The van der Waals surface area contributed by atoms with E-state index in [2.05, 4.69) is 63.3 Å². The molecule has 0 N–H and O–H groups in total. The monoisotopic (exact) mass is 439 g/mol. The van der Waals surface area contributed by atoms with Crippen molar-refractivity contribution in [2.75, 3.05) is 31.1 Å². The van der Waals surface area contributed by atoms with Crippen LogP contribution in [0, 0.1) is 11.3 Å². The maximum atomic E-state index is 9.75.